The van der Waals surface area contributed by atoms with Gasteiger partial charge in [-0.25, -0.2) is 13.8 Å². The van der Waals surface area contributed by atoms with Gasteiger partial charge < -0.3 is 14.3 Å². The highest BCUT2D eigenvalue weighted by Crippen LogP contribution is 2.41. The average molecular weight is 528 g/mol. The van der Waals surface area contributed by atoms with Crippen LogP contribution in [0.1, 0.15) is 16.7 Å². The summed E-state index contributed by atoms with van der Waals surface area (Å²) in [7, 11) is 1.67. The van der Waals surface area contributed by atoms with Crippen molar-refractivity contribution in [3.63, 3.8) is 0 Å². The molecule has 0 amide bonds. The normalized spacial score (nSPS) is 11.8. The van der Waals surface area contributed by atoms with Gasteiger partial charge in [0.25, 0.3) is 0 Å². The second kappa shape index (κ2) is 9.01. The van der Waals surface area contributed by atoms with Crippen molar-refractivity contribution in [2.75, 3.05) is 0 Å². The molecule has 5 aromatic rings. The third-order valence-electron chi connectivity index (χ3n) is 6.04. The number of nitrogens with zero attached hydrogens (tertiary/aromatic N) is 5. The fraction of sp³-hybridized carbons (Fsp3) is 0.160. The predicted octanol–water partition coefficient (Wildman–Crippen LogP) is 5.49. The molecule has 1 N–H and O–H groups in total. The molecule has 0 spiro atoms. The Morgan fingerprint density at radius 3 is 2.50 bits per heavy atom. The Labute approximate surface area is 210 Å². The minimum absolute atomic E-state index is 0.0380. The fourth-order valence-corrected chi connectivity index (χ4v) is 4.11. The fourth-order valence-electron chi connectivity index (χ4n) is 4.11. The topological polar surface area (TPSA) is 98.6 Å². The number of benzene rings is 1. The van der Waals surface area contributed by atoms with E-state index >= 15 is 0 Å². The monoisotopic (exact) mass is 528 g/mol. The average Bonchev–Trinajstić information content (AvgIpc) is 3.28. The molecule has 0 atom stereocenters. The van der Waals surface area contributed by atoms with Crippen molar-refractivity contribution in [3.8, 4) is 34.4 Å². The Kier molecular flexibility index (Phi) is 5.93. The first kappa shape index (κ1) is 25.0. The molecule has 4 heterocycles. The van der Waals surface area contributed by atoms with Crippen LogP contribution in [-0.4, -0.2) is 29.7 Å². The lowest BCUT2D eigenvalue weighted by molar-refractivity contribution is -0.138. The minimum atomic E-state index is -4.76. The zero-order chi connectivity index (χ0) is 27.4. The van der Waals surface area contributed by atoms with E-state index in [1.807, 2.05) is 0 Å². The second-order valence-electron chi connectivity index (χ2n) is 8.46. The van der Waals surface area contributed by atoms with E-state index in [-0.39, 0.29) is 50.6 Å². The van der Waals surface area contributed by atoms with E-state index in [0.29, 0.717) is 12.0 Å². The van der Waals surface area contributed by atoms with E-state index in [4.69, 9.17) is 4.74 Å². The number of fused-ring (bicyclic) bond motifs is 1. The first-order chi connectivity index (χ1) is 18.0. The molecule has 0 aliphatic carbocycles. The number of ether oxygens (including phenoxy) is 1. The van der Waals surface area contributed by atoms with Gasteiger partial charge in [-0.2, -0.15) is 13.2 Å². The molecule has 13 heteroatoms. The van der Waals surface area contributed by atoms with Gasteiger partial charge in [0.2, 0.25) is 5.88 Å². The van der Waals surface area contributed by atoms with E-state index in [9.17, 15) is 26.7 Å². The smallest absolute Gasteiger partial charge is 0.418 e. The first-order valence-corrected chi connectivity index (χ1v) is 11.0. The zero-order valence-corrected chi connectivity index (χ0v) is 20.0. The number of rotatable bonds is 4. The van der Waals surface area contributed by atoms with Crippen molar-refractivity contribution in [3.05, 3.63) is 81.5 Å². The number of aryl methyl sites for hydroxylation is 1. The number of H-pyrrole nitrogens is 1. The maximum Gasteiger partial charge on any atom is 0.418 e. The quantitative estimate of drug-likeness (QED) is 0.310. The van der Waals surface area contributed by atoms with E-state index in [1.165, 1.54) is 32.4 Å². The molecule has 0 fully saturated rings. The van der Waals surface area contributed by atoms with Crippen LogP contribution in [0.25, 0.3) is 33.7 Å². The van der Waals surface area contributed by atoms with Crippen LogP contribution in [0.3, 0.4) is 0 Å². The lowest BCUT2D eigenvalue weighted by Gasteiger charge is -2.18. The number of halogens is 5. The van der Waals surface area contributed by atoms with E-state index in [1.54, 1.807) is 11.6 Å². The summed E-state index contributed by atoms with van der Waals surface area (Å²) in [6.07, 6.45) is -1.34. The number of alkyl halides is 3. The highest BCUT2D eigenvalue weighted by atomic mass is 19.4. The Bertz CT molecular complexity index is 1780. The number of aromatic amines is 1. The molecule has 1 aromatic carbocycles. The molecule has 194 valence electrons. The molecule has 0 aliphatic rings. The maximum atomic E-state index is 14.1. The summed E-state index contributed by atoms with van der Waals surface area (Å²) < 4.78 is 76.3. The number of hydrogen-bond donors (Lipinski definition) is 1. The lowest BCUT2D eigenvalue weighted by Crippen LogP contribution is -2.12. The Hall–Kier alpha value is -4.68. The van der Waals surface area contributed by atoms with Crippen LogP contribution in [0.5, 0.6) is 11.6 Å². The molecule has 0 aliphatic heterocycles. The van der Waals surface area contributed by atoms with Crippen molar-refractivity contribution in [2.24, 2.45) is 7.05 Å². The predicted molar refractivity (Wildman–Crippen MR) is 126 cm³/mol. The Morgan fingerprint density at radius 1 is 1.05 bits per heavy atom. The molecule has 38 heavy (non-hydrogen) atoms. The van der Waals surface area contributed by atoms with Crippen molar-refractivity contribution < 1.29 is 26.7 Å². The largest absolute Gasteiger partial charge is 0.438 e. The van der Waals surface area contributed by atoms with Crippen LogP contribution in [0.2, 0.25) is 0 Å². The first-order valence-electron chi connectivity index (χ1n) is 11.0. The SMILES string of the molecule is Cc1c(Oc2ncc(C(F)(F)F)c(C)c2-c2cc(=O)c3c(-c4nncn4C)nccc3[nH]2)ccc(F)c1F. The molecule has 0 unspecified atom stereocenters. The molecule has 0 saturated carbocycles. The van der Waals surface area contributed by atoms with Gasteiger partial charge in [0.1, 0.15) is 17.8 Å². The van der Waals surface area contributed by atoms with Gasteiger partial charge in [-0.15, -0.1) is 10.2 Å². The van der Waals surface area contributed by atoms with Crippen LogP contribution < -0.4 is 10.2 Å². The van der Waals surface area contributed by atoms with E-state index < -0.39 is 28.8 Å². The molecule has 4 aromatic heterocycles. The van der Waals surface area contributed by atoms with Crippen LogP contribution in [0.15, 0.2) is 47.8 Å². The highest BCUT2D eigenvalue weighted by Gasteiger charge is 2.35. The molecular formula is C25H17F5N6O2. The Morgan fingerprint density at radius 2 is 1.82 bits per heavy atom. The van der Waals surface area contributed by atoms with E-state index in [2.05, 4.69) is 25.1 Å². The van der Waals surface area contributed by atoms with Gasteiger partial charge in [-0.1, -0.05) is 0 Å². The van der Waals surface area contributed by atoms with Crippen molar-refractivity contribution in [1.82, 2.24) is 29.7 Å². The van der Waals surface area contributed by atoms with Gasteiger partial charge in [0, 0.05) is 31.1 Å². The van der Waals surface area contributed by atoms with Crippen molar-refractivity contribution in [2.45, 2.75) is 20.0 Å². The molecule has 0 saturated heterocycles. The molecule has 0 bridgehead atoms. The standard InChI is InChI=1S/C25H17F5N6O2/c1-11-13(25(28,29)30)9-32-24(38-18-5-4-14(26)21(27)12(18)2)19(11)16-8-17(37)20-15(34-16)6-7-31-22(20)23-35-33-10-36(23)3/h4-10H,1-3H3,(H,34,37). The summed E-state index contributed by atoms with van der Waals surface area (Å²) in [6.45, 7) is 2.45. The zero-order valence-electron chi connectivity index (χ0n) is 20.0. The number of nitrogens with one attached hydrogen (secondary N) is 1. The lowest BCUT2D eigenvalue weighted by atomic mass is 10.0. The molecular weight excluding hydrogens is 511 g/mol. The van der Waals surface area contributed by atoms with Gasteiger partial charge in [0.05, 0.1) is 27.7 Å². The molecule has 0 radical (unpaired) electrons. The van der Waals surface area contributed by atoms with E-state index in [0.717, 1.165) is 18.2 Å². The van der Waals surface area contributed by atoms with Crippen molar-refractivity contribution in [1.29, 1.82) is 0 Å². The summed E-state index contributed by atoms with van der Waals surface area (Å²) in [4.78, 5) is 24.4. The van der Waals surface area contributed by atoms with Gasteiger partial charge in [0.15, 0.2) is 22.9 Å². The summed E-state index contributed by atoms with van der Waals surface area (Å²) >= 11 is 0. The summed E-state index contributed by atoms with van der Waals surface area (Å²) in [5, 5.41) is 7.91. The minimum Gasteiger partial charge on any atom is -0.438 e. The number of pyridine rings is 3. The third kappa shape index (κ3) is 4.15. The second-order valence-corrected chi connectivity index (χ2v) is 8.46. The van der Waals surface area contributed by atoms with Crippen LogP contribution >= 0.6 is 0 Å². The van der Waals surface area contributed by atoms with Crippen molar-refractivity contribution >= 4 is 10.9 Å². The number of hydrogen-bond acceptors (Lipinski definition) is 6. The van der Waals surface area contributed by atoms with Gasteiger partial charge in [-0.3, -0.25) is 9.78 Å². The third-order valence-corrected chi connectivity index (χ3v) is 6.04. The summed E-state index contributed by atoms with van der Waals surface area (Å²) in [5.41, 5.74) is -1.86. The van der Waals surface area contributed by atoms with Gasteiger partial charge >= 0.3 is 6.18 Å². The van der Waals surface area contributed by atoms with Crippen LogP contribution in [-0.2, 0) is 13.2 Å². The number of aromatic nitrogens is 6. The van der Waals surface area contributed by atoms with Gasteiger partial charge in [-0.05, 0) is 37.6 Å². The molecule has 8 nitrogen and oxygen atoms in total. The maximum absolute atomic E-state index is 14.1. The summed E-state index contributed by atoms with van der Waals surface area (Å²) in [6, 6.07) is 4.54. The Balaban J connectivity index is 1.75. The summed E-state index contributed by atoms with van der Waals surface area (Å²) in [5.74, 6) is -2.48. The van der Waals surface area contributed by atoms with Crippen LogP contribution in [0, 0.1) is 25.5 Å². The molecule has 5 rings (SSSR count). The van der Waals surface area contributed by atoms with Crippen LogP contribution in [0.4, 0.5) is 22.0 Å². The highest BCUT2D eigenvalue weighted by molar-refractivity contribution is 5.92.